The van der Waals surface area contributed by atoms with Gasteiger partial charge in [0.05, 0.1) is 18.7 Å². The van der Waals surface area contributed by atoms with Crippen molar-refractivity contribution in [2.75, 3.05) is 26.5 Å². The maximum atomic E-state index is 12.1. The maximum absolute atomic E-state index is 12.1. The highest BCUT2D eigenvalue weighted by Crippen LogP contribution is 2.36. The Kier molecular flexibility index (Phi) is 12.3. The van der Waals surface area contributed by atoms with Gasteiger partial charge in [-0.05, 0) is 43.9 Å². The molecule has 1 aromatic carbocycles. The fraction of sp³-hybridized carbons (Fsp3) is 0.650. The Labute approximate surface area is 199 Å². The van der Waals surface area contributed by atoms with Crippen LogP contribution >= 0.6 is 35.6 Å². The van der Waals surface area contributed by atoms with E-state index < -0.39 is 10.8 Å². The van der Waals surface area contributed by atoms with Crippen molar-refractivity contribution in [2.45, 2.75) is 57.4 Å². The minimum absolute atomic E-state index is 0. The van der Waals surface area contributed by atoms with Crippen molar-refractivity contribution >= 4 is 52.3 Å². The van der Waals surface area contributed by atoms with Gasteiger partial charge in [0.2, 0.25) is 0 Å². The first-order valence-corrected chi connectivity index (χ1v) is 11.6. The van der Waals surface area contributed by atoms with E-state index in [1.807, 2.05) is 26.0 Å². The summed E-state index contributed by atoms with van der Waals surface area (Å²) < 4.78 is 23.1. The molecule has 0 saturated heterocycles. The van der Waals surface area contributed by atoms with Crippen LogP contribution in [0.1, 0.15) is 45.1 Å². The molecule has 29 heavy (non-hydrogen) atoms. The number of aliphatic imine (C=N–C) groups is 1. The first-order valence-electron chi connectivity index (χ1n) is 9.85. The molecule has 0 spiro atoms. The van der Waals surface area contributed by atoms with Crippen LogP contribution in [0.2, 0.25) is 5.02 Å². The van der Waals surface area contributed by atoms with Gasteiger partial charge < -0.3 is 20.1 Å². The molecule has 0 amide bonds. The molecule has 2 N–H and O–H groups in total. The molecule has 2 rings (SSSR count). The van der Waals surface area contributed by atoms with Crippen LogP contribution in [-0.4, -0.2) is 48.0 Å². The van der Waals surface area contributed by atoms with Crippen molar-refractivity contribution in [3.63, 3.8) is 0 Å². The molecule has 1 aromatic rings. The van der Waals surface area contributed by atoms with Crippen molar-refractivity contribution in [1.29, 1.82) is 0 Å². The number of benzene rings is 1. The monoisotopic (exact) mass is 557 g/mol. The van der Waals surface area contributed by atoms with Gasteiger partial charge in [0.1, 0.15) is 0 Å². The van der Waals surface area contributed by atoms with E-state index in [0.717, 1.165) is 43.0 Å². The summed E-state index contributed by atoms with van der Waals surface area (Å²) in [4.78, 5) is 4.33. The van der Waals surface area contributed by atoms with Crippen LogP contribution in [0.4, 0.5) is 0 Å². The smallest absolute Gasteiger partial charge is 0.191 e. The Balaban J connectivity index is 0.00000420. The molecule has 0 aliphatic heterocycles. The van der Waals surface area contributed by atoms with Gasteiger partial charge >= 0.3 is 0 Å². The van der Waals surface area contributed by atoms with E-state index in [9.17, 15) is 4.21 Å². The molecule has 166 valence electrons. The Morgan fingerprint density at radius 1 is 1.34 bits per heavy atom. The normalized spacial score (nSPS) is 20.4. The molecule has 0 bridgehead atoms. The Morgan fingerprint density at radius 2 is 2.10 bits per heavy atom. The quantitative estimate of drug-likeness (QED) is 0.286. The number of rotatable bonds is 8. The van der Waals surface area contributed by atoms with Gasteiger partial charge in [-0.25, -0.2) is 0 Å². The number of nitrogens with one attached hydrogen (secondary N) is 2. The third-order valence-electron chi connectivity index (χ3n) is 4.88. The molecule has 1 fully saturated rings. The topological polar surface area (TPSA) is 72.0 Å². The molecule has 0 radical (unpaired) electrons. The lowest BCUT2D eigenvalue weighted by Gasteiger charge is -2.30. The summed E-state index contributed by atoms with van der Waals surface area (Å²) in [7, 11) is 2.62. The van der Waals surface area contributed by atoms with E-state index in [1.54, 1.807) is 14.2 Å². The van der Waals surface area contributed by atoms with E-state index in [2.05, 4.69) is 15.6 Å². The minimum Gasteiger partial charge on any atom is -0.493 e. The lowest BCUT2D eigenvalue weighted by Crippen LogP contribution is -2.46. The summed E-state index contributed by atoms with van der Waals surface area (Å²) in [6, 6.07) is 4.08. The number of nitrogens with zero attached hydrogens (tertiary/aromatic N) is 1. The van der Waals surface area contributed by atoms with Crippen LogP contribution in [0.5, 0.6) is 11.5 Å². The van der Waals surface area contributed by atoms with Crippen molar-refractivity contribution in [3.05, 3.63) is 22.7 Å². The first kappa shape index (κ1) is 26.3. The van der Waals surface area contributed by atoms with E-state index in [-0.39, 0.29) is 29.2 Å². The molecule has 3 unspecified atom stereocenters. The second kappa shape index (κ2) is 13.5. The molecular formula is C20H33ClIN3O3S. The highest BCUT2D eigenvalue weighted by atomic mass is 127. The molecule has 0 aromatic heterocycles. The third-order valence-corrected chi connectivity index (χ3v) is 6.91. The van der Waals surface area contributed by atoms with Crippen LogP contribution in [0, 0.1) is 0 Å². The predicted octanol–water partition coefficient (Wildman–Crippen LogP) is 4.11. The number of hydrogen-bond donors (Lipinski definition) is 2. The van der Waals surface area contributed by atoms with Gasteiger partial charge in [-0.15, -0.1) is 24.0 Å². The van der Waals surface area contributed by atoms with Crippen LogP contribution in [0.3, 0.4) is 0 Å². The van der Waals surface area contributed by atoms with E-state index in [1.165, 1.54) is 0 Å². The van der Waals surface area contributed by atoms with E-state index >= 15 is 0 Å². The van der Waals surface area contributed by atoms with Gasteiger partial charge in [0, 0.05) is 41.4 Å². The van der Waals surface area contributed by atoms with Crippen molar-refractivity contribution in [1.82, 2.24) is 10.6 Å². The third kappa shape index (κ3) is 7.79. The summed E-state index contributed by atoms with van der Waals surface area (Å²) >= 11 is 6.35. The van der Waals surface area contributed by atoms with Crippen LogP contribution < -0.4 is 20.1 Å². The fourth-order valence-electron chi connectivity index (χ4n) is 3.48. The van der Waals surface area contributed by atoms with Gasteiger partial charge in [0.15, 0.2) is 17.5 Å². The lowest BCUT2D eigenvalue weighted by atomic mass is 9.95. The van der Waals surface area contributed by atoms with Crippen LogP contribution in [0.15, 0.2) is 17.1 Å². The fourth-order valence-corrected chi connectivity index (χ4v) is 5.12. The van der Waals surface area contributed by atoms with E-state index in [4.69, 9.17) is 21.1 Å². The molecule has 1 aliphatic rings. The average molecular weight is 558 g/mol. The molecule has 1 saturated carbocycles. The number of ether oxygens (including phenoxy) is 2. The zero-order valence-corrected chi connectivity index (χ0v) is 21.5. The second-order valence-electron chi connectivity index (χ2n) is 6.77. The van der Waals surface area contributed by atoms with Gasteiger partial charge in [-0.2, -0.15) is 0 Å². The largest absolute Gasteiger partial charge is 0.493 e. The number of guanidine groups is 1. The molecular weight excluding hydrogens is 525 g/mol. The zero-order valence-electron chi connectivity index (χ0n) is 17.6. The van der Waals surface area contributed by atoms with E-state index in [0.29, 0.717) is 35.7 Å². The zero-order chi connectivity index (χ0) is 20.5. The predicted molar refractivity (Wildman–Crippen MR) is 133 cm³/mol. The van der Waals surface area contributed by atoms with Crippen LogP contribution in [-0.2, 0) is 17.3 Å². The Hall–Kier alpha value is -0.740. The van der Waals surface area contributed by atoms with Crippen molar-refractivity contribution < 1.29 is 13.7 Å². The molecule has 6 nitrogen and oxygen atoms in total. The first-order chi connectivity index (χ1) is 13.5. The van der Waals surface area contributed by atoms with Crippen molar-refractivity contribution in [3.8, 4) is 11.5 Å². The van der Waals surface area contributed by atoms with Crippen molar-refractivity contribution in [2.24, 2.45) is 4.99 Å². The molecule has 1 aliphatic carbocycles. The SMILES string of the molecule is CCOc1c(Cl)cc(CNC(=NC)NC2CCCC(S(=O)CC)C2)cc1OC.I. The van der Waals surface area contributed by atoms with Gasteiger partial charge in [-0.1, -0.05) is 24.9 Å². The molecule has 3 atom stereocenters. The summed E-state index contributed by atoms with van der Waals surface area (Å²) in [6.07, 6.45) is 4.14. The maximum Gasteiger partial charge on any atom is 0.191 e. The summed E-state index contributed by atoms with van der Waals surface area (Å²) in [5.41, 5.74) is 0.974. The van der Waals surface area contributed by atoms with Gasteiger partial charge in [-0.3, -0.25) is 9.20 Å². The van der Waals surface area contributed by atoms with Gasteiger partial charge in [0.25, 0.3) is 0 Å². The van der Waals surface area contributed by atoms with Crippen LogP contribution in [0.25, 0.3) is 0 Å². The average Bonchev–Trinajstić information content (AvgIpc) is 2.72. The Morgan fingerprint density at radius 3 is 2.72 bits per heavy atom. The summed E-state index contributed by atoms with van der Waals surface area (Å²) in [5.74, 6) is 2.64. The standard InChI is InChI=1S/C20H32ClN3O3S.HI/c1-5-27-19-17(21)10-14(11-18(19)26-4)13-23-20(22-3)24-15-8-7-9-16(12-15)28(25)6-2;/h10-11,15-16H,5-9,12-13H2,1-4H3,(H2,22,23,24);1H. The second-order valence-corrected chi connectivity index (χ2v) is 9.18. The minimum atomic E-state index is -0.736. The highest BCUT2D eigenvalue weighted by Gasteiger charge is 2.26. The molecule has 9 heteroatoms. The molecule has 0 heterocycles. The number of methoxy groups -OCH3 is 1. The summed E-state index contributed by atoms with van der Waals surface area (Å²) in [6.45, 7) is 4.98. The Bertz CT molecular complexity index is 706. The number of halogens is 2. The lowest BCUT2D eigenvalue weighted by molar-refractivity contribution is 0.311. The summed E-state index contributed by atoms with van der Waals surface area (Å²) in [5, 5.41) is 7.61. The number of hydrogen-bond acceptors (Lipinski definition) is 4. The highest BCUT2D eigenvalue weighted by molar-refractivity contribution is 14.0.